The fraction of sp³-hybridized carbons (Fsp3) is 0.438. The second-order valence-electron chi connectivity index (χ2n) is 4.78. The third kappa shape index (κ3) is 4.78. The molecule has 0 atom stereocenters. The van der Waals surface area contributed by atoms with Crippen LogP contribution < -0.4 is 10.6 Å². The molecule has 2 N–H and O–H groups in total. The minimum absolute atomic E-state index is 0.509. The van der Waals surface area contributed by atoms with E-state index in [1.54, 1.807) is 0 Å². The van der Waals surface area contributed by atoms with E-state index in [1.807, 2.05) is 6.07 Å². The van der Waals surface area contributed by atoms with E-state index in [4.69, 9.17) is 0 Å². The van der Waals surface area contributed by atoms with Crippen molar-refractivity contribution in [3.05, 3.63) is 48.0 Å². The third-order valence-electron chi connectivity index (χ3n) is 3.21. The number of aliphatic imine (C=N–C) groups is 1. The first kappa shape index (κ1) is 13.7. The van der Waals surface area contributed by atoms with E-state index >= 15 is 0 Å². The van der Waals surface area contributed by atoms with Gasteiger partial charge in [-0.15, -0.1) is 0 Å². The summed E-state index contributed by atoms with van der Waals surface area (Å²) >= 11 is 0. The monoisotopic (exact) mass is 257 g/mol. The van der Waals surface area contributed by atoms with Gasteiger partial charge in [0.05, 0.1) is 0 Å². The maximum Gasteiger partial charge on any atom is 0.191 e. The van der Waals surface area contributed by atoms with Crippen LogP contribution in [0.1, 0.15) is 25.3 Å². The van der Waals surface area contributed by atoms with Crippen molar-refractivity contribution in [2.75, 3.05) is 13.1 Å². The van der Waals surface area contributed by atoms with Crippen LogP contribution in [0.25, 0.3) is 0 Å². The van der Waals surface area contributed by atoms with Crippen molar-refractivity contribution in [1.82, 2.24) is 10.6 Å². The van der Waals surface area contributed by atoms with Gasteiger partial charge in [0.2, 0.25) is 0 Å². The maximum atomic E-state index is 4.64. The minimum Gasteiger partial charge on any atom is -0.357 e. The first-order chi connectivity index (χ1) is 9.38. The Hall–Kier alpha value is -1.77. The number of hydrogen-bond donors (Lipinski definition) is 2. The molecule has 0 unspecified atom stereocenters. The predicted molar refractivity (Wildman–Crippen MR) is 81.4 cm³/mol. The lowest BCUT2D eigenvalue weighted by Gasteiger charge is -2.16. The molecule has 0 spiro atoms. The molecule has 1 aromatic carbocycles. The molecule has 1 aromatic rings. The van der Waals surface area contributed by atoms with Crippen molar-refractivity contribution in [3.8, 4) is 0 Å². The van der Waals surface area contributed by atoms with Gasteiger partial charge in [-0.25, -0.2) is 0 Å². The normalized spacial score (nSPS) is 15.7. The fourth-order valence-electron chi connectivity index (χ4n) is 2.19. The molecule has 0 saturated heterocycles. The molecule has 102 valence electrons. The van der Waals surface area contributed by atoms with E-state index in [0.29, 0.717) is 6.04 Å². The van der Waals surface area contributed by atoms with Crippen LogP contribution in [0.4, 0.5) is 0 Å². The summed E-state index contributed by atoms with van der Waals surface area (Å²) in [4.78, 5) is 4.64. The smallest absolute Gasteiger partial charge is 0.191 e. The number of benzene rings is 1. The Morgan fingerprint density at radius 2 is 1.95 bits per heavy atom. The van der Waals surface area contributed by atoms with E-state index in [2.05, 4.69) is 59.0 Å². The summed E-state index contributed by atoms with van der Waals surface area (Å²) in [7, 11) is 0. The van der Waals surface area contributed by atoms with Gasteiger partial charge in [0.25, 0.3) is 0 Å². The van der Waals surface area contributed by atoms with Gasteiger partial charge in [-0.2, -0.15) is 0 Å². The van der Waals surface area contributed by atoms with Crippen LogP contribution in [0.3, 0.4) is 0 Å². The number of nitrogens with zero attached hydrogens (tertiary/aromatic N) is 1. The molecule has 0 radical (unpaired) electrons. The molecule has 0 heterocycles. The Bertz CT molecular complexity index is 415. The van der Waals surface area contributed by atoms with Gasteiger partial charge >= 0.3 is 0 Å². The van der Waals surface area contributed by atoms with Crippen molar-refractivity contribution in [3.63, 3.8) is 0 Å². The number of hydrogen-bond acceptors (Lipinski definition) is 1. The zero-order valence-electron chi connectivity index (χ0n) is 11.6. The molecule has 1 aliphatic carbocycles. The molecular weight excluding hydrogens is 234 g/mol. The summed E-state index contributed by atoms with van der Waals surface area (Å²) in [6.45, 7) is 3.82. The SMILES string of the molecule is CCNC(=NCCc1ccccc1)NC1CC=CC1. The van der Waals surface area contributed by atoms with Crippen molar-refractivity contribution < 1.29 is 0 Å². The lowest BCUT2D eigenvalue weighted by Crippen LogP contribution is -2.42. The van der Waals surface area contributed by atoms with Crippen LogP contribution in [0.15, 0.2) is 47.5 Å². The highest BCUT2D eigenvalue weighted by Gasteiger charge is 2.11. The summed E-state index contributed by atoms with van der Waals surface area (Å²) in [6, 6.07) is 11.0. The largest absolute Gasteiger partial charge is 0.357 e. The quantitative estimate of drug-likeness (QED) is 0.483. The molecule has 0 aromatic heterocycles. The predicted octanol–water partition coefficient (Wildman–Crippen LogP) is 2.50. The van der Waals surface area contributed by atoms with Gasteiger partial charge in [-0.3, -0.25) is 4.99 Å². The number of nitrogens with one attached hydrogen (secondary N) is 2. The molecule has 0 fully saturated rings. The molecule has 0 saturated carbocycles. The first-order valence-corrected chi connectivity index (χ1v) is 7.12. The summed E-state index contributed by atoms with van der Waals surface area (Å²) in [5, 5.41) is 6.79. The van der Waals surface area contributed by atoms with E-state index < -0.39 is 0 Å². The number of rotatable bonds is 5. The molecule has 0 aliphatic heterocycles. The molecular formula is C16H23N3. The van der Waals surface area contributed by atoms with Crippen LogP contribution in [0.5, 0.6) is 0 Å². The minimum atomic E-state index is 0.509. The van der Waals surface area contributed by atoms with Crippen LogP contribution >= 0.6 is 0 Å². The lowest BCUT2D eigenvalue weighted by atomic mass is 10.2. The molecule has 3 nitrogen and oxygen atoms in total. The topological polar surface area (TPSA) is 36.4 Å². The fourth-order valence-corrected chi connectivity index (χ4v) is 2.19. The molecule has 0 bridgehead atoms. The van der Waals surface area contributed by atoms with Gasteiger partial charge < -0.3 is 10.6 Å². The van der Waals surface area contributed by atoms with E-state index in [1.165, 1.54) is 5.56 Å². The summed E-state index contributed by atoms with van der Waals surface area (Å²) in [6.07, 6.45) is 7.64. The highest BCUT2D eigenvalue weighted by Crippen LogP contribution is 2.08. The number of guanidine groups is 1. The zero-order valence-corrected chi connectivity index (χ0v) is 11.6. The van der Waals surface area contributed by atoms with Crippen LogP contribution in [0, 0.1) is 0 Å². The highest BCUT2D eigenvalue weighted by molar-refractivity contribution is 5.80. The molecule has 19 heavy (non-hydrogen) atoms. The Morgan fingerprint density at radius 1 is 1.21 bits per heavy atom. The Kier molecular flexibility index (Phi) is 5.48. The van der Waals surface area contributed by atoms with Gasteiger partial charge in [-0.1, -0.05) is 42.5 Å². The van der Waals surface area contributed by atoms with Gasteiger partial charge in [0.15, 0.2) is 5.96 Å². The Balaban J connectivity index is 1.81. The summed E-state index contributed by atoms with van der Waals surface area (Å²) in [5.74, 6) is 0.937. The van der Waals surface area contributed by atoms with Gasteiger partial charge in [0.1, 0.15) is 0 Å². The van der Waals surface area contributed by atoms with Gasteiger partial charge in [0, 0.05) is 19.1 Å². The summed E-state index contributed by atoms with van der Waals surface area (Å²) in [5.41, 5.74) is 1.34. The Morgan fingerprint density at radius 3 is 2.63 bits per heavy atom. The van der Waals surface area contributed by atoms with Crippen molar-refractivity contribution in [2.24, 2.45) is 4.99 Å². The van der Waals surface area contributed by atoms with Gasteiger partial charge in [-0.05, 0) is 31.7 Å². The van der Waals surface area contributed by atoms with Crippen LogP contribution in [-0.2, 0) is 6.42 Å². The third-order valence-corrected chi connectivity index (χ3v) is 3.21. The van der Waals surface area contributed by atoms with E-state index in [-0.39, 0.29) is 0 Å². The lowest BCUT2D eigenvalue weighted by molar-refractivity contribution is 0.633. The molecule has 0 amide bonds. The molecule has 1 aliphatic rings. The summed E-state index contributed by atoms with van der Waals surface area (Å²) < 4.78 is 0. The van der Waals surface area contributed by atoms with E-state index in [9.17, 15) is 0 Å². The second kappa shape index (κ2) is 7.62. The highest BCUT2D eigenvalue weighted by atomic mass is 15.2. The van der Waals surface area contributed by atoms with Crippen molar-refractivity contribution >= 4 is 5.96 Å². The average molecular weight is 257 g/mol. The van der Waals surface area contributed by atoms with Crippen molar-refractivity contribution in [2.45, 2.75) is 32.2 Å². The second-order valence-corrected chi connectivity index (χ2v) is 4.78. The Labute approximate surface area is 115 Å². The van der Waals surface area contributed by atoms with Crippen LogP contribution in [0.2, 0.25) is 0 Å². The standard InChI is InChI=1S/C16H23N3/c1-2-17-16(19-15-10-6-7-11-15)18-13-12-14-8-4-3-5-9-14/h3-9,15H,2,10-13H2,1H3,(H2,17,18,19). The first-order valence-electron chi connectivity index (χ1n) is 7.12. The molecule has 2 rings (SSSR count). The van der Waals surface area contributed by atoms with Crippen LogP contribution in [-0.4, -0.2) is 25.1 Å². The maximum absolute atomic E-state index is 4.64. The average Bonchev–Trinajstić information content (AvgIpc) is 2.93. The zero-order chi connectivity index (χ0) is 13.3. The molecule has 3 heteroatoms. The van der Waals surface area contributed by atoms with E-state index in [0.717, 1.165) is 38.3 Å². The van der Waals surface area contributed by atoms with Crippen molar-refractivity contribution in [1.29, 1.82) is 0 Å².